The van der Waals surface area contributed by atoms with Crippen LogP contribution in [-0.4, -0.2) is 19.7 Å². The number of fused-ring (bicyclic) bond motifs is 4. The van der Waals surface area contributed by atoms with Crippen LogP contribution in [0.1, 0.15) is 0 Å². The third-order valence-electron chi connectivity index (χ3n) is 4.25. The highest BCUT2D eigenvalue weighted by Crippen LogP contribution is 2.20. The zero-order valence-electron chi connectivity index (χ0n) is 12.6. The van der Waals surface area contributed by atoms with Crippen LogP contribution in [0.5, 0.6) is 0 Å². The predicted molar refractivity (Wildman–Crippen MR) is 94.5 cm³/mol. The van der Waals surface area contributed by atoms with Gasteiger partial charge < -0.3 is 0 Å². The van der Waals surface area contributed by atoms with E-state index in [1.807, 2.05) is 60.7 Å². The molecule has 0 amide bonds. The number of benzene rings is 2. The Labute approximate surface area is 136 Å². The first kappa shape index (κ1) is 13.0. The van der Waals surface area contributed by atoms with Gasteiger partial charge in [0.25, 0.3) is 5.56 Å². The molecule has 0 aliphatic rings. The van der Waals surface area contributed by atoms with Crippen LogP contribution < -0.4 is 5.56 Å². The molecule has 3 heterocycles. The molecule has 0 radical (unpaired) electrons. The van der Waals surface area contributed by atoms with Crippen molar-refractivity contribution in [3.63, 3.8) is 0 Å². The molecule has 0 saturated heterocycles. The average Bonchev–Trinajstić information content (AvgIpc) is 2.98. The number of hydrogen-bond donors (Lipinski definition) is 1. The van der Waals surface area contributed by atoms with E-state index in [0.717, 1.165) is 27.3 Å². The monoisotopic (exact) mass is 312 g/mol. The van der Waals surface area contributed by atoms with E-state index in [1.54, 1.807) is 6.20 Å². The number of hydrogen-bond acceptors (Lipinski definition) is 3. The Hall–Kier alpha value is -3.47. The van der Waals surface area contributed by atoms with Crippen molar-refractivity contribution in [1.29, 1.82) is 0 Å². The largest absolute Gasteiger partial charge is 0.288 e. The van der Waals surface area contributed by atoms with E-state index in [2.05, 4.69) is 15.1 Å². The molecule has 0 atom stereocenters. The average molecular weight is 312 g/mol. The fourth-order valence-corrected chi connectivity index (χ4v) is 3.05. The van der Waals surface area contributed by atoms with Gasteiger partial charge >= 0.3 is 0 Å². The molecule has 0 bridgehead atoms. The molecule has 0 aliphatic carbocycles. The van der Waals surface area contributed by atoms with E-state index in [0.29, 0.717) is 11.2 Å². The Morgan fingerprint density at radius 1 is 0.833 bits per heavy atom. The second-order valence-electron chi connectivity index (χ2n) is 5.68. The molecule has 0 aliphatic heterocycles. The van der Waals surface area contributed by atoms with Gasteiger partial charge in [-0.1, -0.05) is 36.4 Å². The number of aromatic amines is 1. The van der Waals surface area contributed by atoms with E-state index >= 15 is 0 Å². The second kappa shape index (κ2) is 4.76. The standard InChI is InChI=1S/C19H12N4O/c24-19-14-11-20-16-8-4-2-6-13(16)18(14)22-23(19)17-10-9-12-5-1-3-7-15(12)21-17/h1-11,22H. The first-order chi connectivity index (χ1) is 11.8. The van der Waals surface area contributed by atoms with Crippen LogP contribution in [0.3, 0.4) is 0 Å². The Morgan fingerprint density at radius 2 is 1.62 bits per heavy atom. The Balaban J connectivity index is 1.83. The van der Waals surface area contributed by atoms with Gasteiger partial charge in [0.15, 0.2) is 5.82 Å². The van der Waals surface area contributed by atoms with E-state index in [4.69, 9.17) is 0 Å². The minimum atomic E-state index is -0.147. The lowest BCUT2D eigenvalue weighted by molar-refractivity contribution is 0.837. The molecule has 0 saturated carbocycles. The summed E-state index contributed by atoms with van der Waals surface area (Å²) in [5.74, 6) is 0.569. The van der Waals surface area contributed by atoms with E-state index in [1.165, 1.54) is 4.68 Å². The smallest absolute Gasteiger partial charge is 0.282 e. The highest BCUT2D eigenvalue weighted by Gasteiger charge is 2.12. The molecule has 24 heavy (non-hydrogen) atoms. The van der Waals surface area contributed by atoms with Gasteiger partial charge in [-0.25, -0.2) is 9.67 Å². The van der Waals surface area contributed by atoms with Crippen molar-refractivity contribution in [3.8, 4) is 5.82 Å². The van der Waals surface area contributed by atoms with Gasteiger partial charge in [0, 0.05) is 17.0 Å². The lowest BCUT2D eigenvalue weighted by Gasteiger charge is -2.02. The van der Waals surface area contributed by atoms with Crippen molar-refractivity contribution in [1.82, 2.24) is 19.7 Å². The van der Waals surface area contributed by atoms with Crippen LogP contribution in [0.15, 0.2) is 71.7 Å². The molecule has 5 nitrogen and oxygen atoms in total. The van der Waals surface area contributed by atoms with Crippen LogP contribution in [0.4, 0.5) is 0 Å². The number of pyridine rings is 2. The van der Waals surface area contributed by atoms with Crippen LogP contribution in [0.2, 0.25) is 0 Å². The number of nitrogens with one attached hydrogen (secondary N) is 1. The number of nitrogens with zero attached hydrogens (tertiary/aromatic N) is 3. The van der Waals surface area contributed by atoms with Crippen molar-refractivity contribution in [2.75, 3.05) is 0 Å². The summed E-state index contributed by atoms with van der Waals surface area (Å²) >= 11 is 0. The number of para-hydroxylation sites is 2. The highest BCUT2D eigenvalue weighted by molar-refractivity contribution is 6.02. The molecule has 0 unspecified atom stereocenters. The van der Waals surface area contributed by atoms with Gasteiger partial charge in [-0.2, -0.15) is 0 Å². The fraction of sp³-hybridized carbons (Fsp3) is 0. The lowest BCUT2D eigenvalue weighted by Crippen LogP contribution is -2.15. The Kier molecular flexibility index (Phi) is 2.58. The lowest BCUT2D eigenvalue weighted by atomic mass is 10.2. The second-order valence-corrected chi connectivity index (χ2v) is 5.68. The summed E-state index contributed by atoms with van der Waals surface area (Å²) in [6.07, 6.45) is 1.62. The number of H-pyrrole nitrogens is 1. The zero-order chi connectivity index (χ0) is 16.1. The van der Waals surface area contributed by atoms with Gasteiger partial charge in [0.1, 0.15) is 0 Å². The van der Waals surface area contributed by atoms with E-state index in [9.17, 15) is 4.79 Å². The molecular weight excluding hydrogens is 300 g/mol. The maximum Gasteiger partial charge on any atom is 0.282 e. The maximum absolute atomic E-state index is 12.8. The van der Waals surface area contributed by atoms with E-state index < -0.39 is 0 Å². The molecule has 0 fully saturated rings. The molecular formula is C19H12N4O. The van der Waals surface area contributed by atoms with Crippen LogP contribution >= 0.6 is 0 Å². The maximum atomic E-state index is 12.8. The number of rotatable bonds is 1. The molecule has 5 rings (SSSR count). The first-order valence-electron chi connectivity index (χ1n) is 7.66. The van der Waals surface area contributed by atoms with Crippen molar-refractivity contribution >= 4 is 32.7 Å². The molecule has 5 heteroatoms. The fourth-order valence-electron chi connectivity index (χ4n) is 3.05. The summed E-state index contributed by atoms with van der Waals surface area (Å²) in [6.45, 7) is 0. The van der Waals surface area contributed by atoms with Crippen molar-refractivity contribution in [2.45, 2.75) is 0 Å². The molecule has 0 spiro atoms. The van der Waals surface area contributed by atoms with Crippen molar-refractivity contribution in [2.24, 2.45) is 0 Å². The molecule has 114 valence electrons. The highest BCUT2D eigenvalue weighted by atomic mass is 16.1. The predicted octanol–water partition coefficient (Wildman–Crippen LogP) is 3.42. The summed E-state index contributed by atoms with van der Waals surface area (Å²) < 4.78 is 1.48. The summed E-state index contributed by atoms with van der Waals surface area (Å²) in [5.41, 5.74) is 2.33. The molecule has 2 aromatic carbocycles. The van der Waals surface area contributed by atoms with Crippen molar-refractivity contribution in [3.05, 3.63) is 77.2 Å². The third kappa shape index (κ3) is 1.78. The van der Waals surface area contributed by atoms with Gasteiger partial charge in [0.2, 0.25) is 0 Å². The number of aromatic nitrogens is 4. The van der Waals surface area contributed by atoms with Gasteiger partial charge in [-0.3, -0.25) is 14.9 Å². The first-order valence-corrected chi connectivity index (χ1v) is 7.66. The van der Waals surface area contributed by atoms with Gasteiger partial charge in [-0.05, 0) is 24.3 Å². The van der Waals surface area contributed by atoms with Crippen molar-refractivity contribution < 1.29 is 0 Å². The van der Waals surface area contributed by atoms with Gasteiger partial charge in [-0.15, -0.1) is 0 Å². The topological polar surface area (TPSA) is 63.6 Å². The minimum Gasteiger partial charge on any atom is -0.288 e. The minimum absolute atomic E-state index is 0.147. The SMILES string of the molecule is O=c1c2cnc3ccccc3c2[nH]n1-c1ccc2ccccc2n1. The molecule has 5 aromatic rings. The van der Waals surface area contributed by atoms with Crippen LogP contribution in [-0.2, 0) is 0 Å². The third-order valence-corrected chi connectivity index (χ3v) is 4.25. The summed E-state index contributed by atoms with van der Waals surface area (Å²) in [7, 11) is 0. The van der Waals surface area contributed by atoms with Crippen LogP contribution in [0.25, 0.3) is 38.5 Å². The quantitative estimate of drug-likeness (QED) is 0.516. The summed E-state index contributed by atoms with van der Waals surface area (Å²) in [4.78, 5) is 21.7. The summed E-state index contributed by atoms with van der Waals surface area (Å²) in [6, 6.07) is 19.4. The molecule has 3 aromatic heterocycles. The summed E-state index contributed by atoms with van der Waals surface area (Å²) in [5, 5.41) is 5.71. The zero-order valence-corrected chi connectivity index (χ0v) is 12.6. The van der Waals surface area contributed by atoms with Crippen LogP contribution in [0, 0.1) is 0 Å². The van der Waals surface area contributed by atoms with Gasteiger partial charge in [0.05, 0.1) is 21.9 Å². The molecule has 1 N–H and O–H groups in total. The Morgan fingerprint density at radius 3 is 2.54 bits per heavy atom. The normalized spacial score (nSPS) is 11.5. The Bertz CT molecular complexity index is 1280. The van der Waals surface area contributed by atoms with E-state index in [-0.39, 0.29) is 5.56 Å².